The van der Waals surface area contributed by atoms with Gasteiger partial charge in [-0.25, -0.2) is 0 Å². The van der Waals surface area contributed by atoms with Crippen LogP contribution in [0.4, 0.5) is 0 Å². The number of para-hydroxylation sites is 1. The molecule has 1 unspecified atom stereocenters. The highest BCUT2D eigenvalue weighted by atomic mass is 16.5. The maximum Gasteiger partial charge on any atom is 0.279 e. The summed E-state index contributed by atoms with van der Waals surface area (Å²) in [6.45, 7) is 5.34. The molecule has 7 nitrogen and oxygen atoms in total. The zero-order valence-corrected chi connectivity index (χ0v) is 17.0. The molecule has 0 bridgehead atoms. The lowest BCUT2D eigenvalue weighted by Gasteiger charge is -2.15. The molecule has 1 aromatic heterocycles. The van der Waals surface area contributed by atoms with E-state index in [1.807, 2.05) is 54.8 Å². The lowest BCUT2D eigenvalue weighted by molar-refractivity contribution is -0.128. The van der Waals surface area contributed by atoms with Crippen LogP contribution in [0, 0.1) is 25.2 Å². The number of nitriles is 1. The van der Waals surface area contributed by atoms with E-state index in [1.165, 1.54) is 0 Å². The first kappa shape index (κ1) is 20.7. The number of rotatable bonds is 5. The Balaban J connectivity index is 1.62. The van der Waals surface area contributed by atoms with E-state index in [0.29, 0.717) is 16.9 Å². The lowest BCUT2D eigenvalue weighted by atomic mass is 10.2. The Labute approximate surface area is 174 Å². The van der Waals surface area contributed by atoms with Gasteiger partial charge < -0.3 is 9.30 Å². The van der Waals surface area contributed by atoms with E-state index in [1.54, 1.807) is 37.3 Å². The Kier molecular flexibility index (Phi) is 6.18. The molecule has 3 aromatic rings. The molecule has 7 heteroatoms. The third-order valence-electron chi connectivity index (χ3n) is 4.65. The fourth-order valence-corrected chi connectivity index (χ4v) is 3.12. The van der Waals surface area contributed by atoms with Gasteiger partial charge in [0.25, 0.3) is 11.8 Å². The minimum absolute atomic E-state index is 0.413. The van der Waals surface area contributed by atoms with Crippen LogP contribution in [0.3, 0.4) is 0 Å². The number of hydrogen-bond acceptors (Lipinski definition) is 4. The van der Waals surface area contributed by atoms with Gasteiger partial charge in [-0.15, -0.1) is 0 Å². The van der Waals surface area contributed by atoms with E-state index < -0.39 is 17.9 Å². The van der Waals surface area contributed by atoms with E-state index in [4.69, 9.17) is 10.00 Å². The van der Waals surface area contributed by atoms with Crippen molar-refractivity contribution in [2.24, 2.45) is 0 Å². The largest absolute Gasteiger partial charge is 0.481 e. The van der Waals surface area contributed by atoms with Gasteiger partial charge in [0, 0.05) is 17.1 Å². The molecule has 0 fully saturated rings. The Hall–Kier alpha value is -4.05. The molecule has 1 heterocycles. The Morgan fingerprint density at radius 2 is 1.70 bits per heavy atom. The minimum atomic E-state index is -0.838. The molecule has 2 N–H and O–H groups in total. The van der Waals surface area contributed by atoms with Crippen LogP contribution in [0.25, 0.3) is 5.69 Å². The summed E-state index contributed by atoms with van der Waals surface area (Å²) in [5, 5.41) is 8.82. The minimum Gasteiger partial charge on any atom is -0.481 e. The van der Waals surface area contributed by atoms with Crippen molar-refractivity contribution in [3.63, 3.8) is 0 Å². The van der Waals surface area contributed by atoms with E-state index in [0.717, 1.165) is 17.1 Å². The zero-order chi connectivity index (χ0) is 21.7. The first-order valence-corrected chi connectivity index (χ1v) is 9.42. The van der Waals surface area contributed by atoms with E-state index in [-0.39, 0.29) is 0 Å². The molecular weight excluding hydrogens is 380 g/mol. The number of aromatic nitrogens is 1. The topological polar surface area (TPSA) is 96.2 Å². The summed E-state index contributed by atoms with van der Waals surface area (Å²) in [5.74, 6) is -0.455. The molecule has 0 spiro atoms. The number of benzene rings is 2. The summed E-state index contributed by atoms with van der Waals surface area (Å²) < 4.78 is 7.52. The highest BCUT2D eigenvalue weighted by Gasteiger charge is 2.19. The van der Waals surface area contributed by atoms with Gasteiger partial charge >= 0.3 is 0 Å². The SMILES string of the molecule is Cc1cc(C(=O)NNC(=O)C(C)Oc2ccc(C#N)cc2)c(C)n1-c1ccccc1. The monoisotopic (exact) mass is 402 g/mol. The Bertz CT molecular complexity index is 1100. The van der Waals surface area contributed by atoms with Crippen LogP contribution >= 0.6 is 0 Å². The second-order valence-corrected chi connectivity index (χ2v) is 6.80. The standard InChI is InChI=1S/C23H22N4O3/c1-15-13-21(16(2)27(15)19-7-5-4-6-8-19)23(29)26-25-22(28)17(3)30-20-11-9-18(14-24)10-12-20/h4-13,17H,1-3H3,(H,25,28)(H,26,29). The molecule has 2 aromatic carbocycles. The van der Waals surface area contributed by atoms with Crippen molar-refractivity contribution in [3.05, 3.63) is 83.2 Å². The molecule has 1 atom stereocenters. The van der Waals surface area contributed by atoms with Gasteiger partial charge in [0.2, 0.25) is 0 Å². The molecule has 2 amide bonds. The number of amides is 2. The molecule has 0 saturated carbocycles. The predicted octanol–water partition coefficient (Wildman–Crippen LogP) is 3.19. The van der Waals surface area contributed by atoms with E-state index in [2.05, 4.69) is 10.9 Å². The van der Waals surface area contributed by atoms with Crippen LogP contribution in [0.5, 0.6) is 5.75 Å². The van der Waals surface area contributed by atoms with Gasteiger partial charge in [0.15, 0.2) is 6.10 Å². The first-order valence-electron chi connectivity index (χ1n) is 9.42. The molecule has 0 aliphatic rings. The Morgan fingerprint density at radius 3 is 2.33 bits per heavy atom. The summed E-state index contributed by atoms with van der Waals surface area (Å²) in [7, 11) is 0. The van der Waals surface area contributed by atoms with Gasteiger partial charge in [-0.1, -0.05) is 18.2 Å². The van der Waals surface area contributed by atoms with E-state index in [9.17, 15) is 9.59 Å². The number of ether oxygens (including phenoxy) is 1. The smallest absolute Gasteiger partial charge is 0.279 e. The van der Waals surface area contributed by atoms with Crippen LogP contribution in [-0.4, -0.2) is 22.5 Å². The van der Waals surface area contributed by atoms with Crippen molar-refractivity contribution < 1.29 is 14.3 Å². The predicted molar refractivity (Wildman–Crippen MR) is 112 cm³/mol. The molecule has 0 aliphatic carbocycles. The van der Waals surface area contributed by atoms with Crippen LogP contribution < -0.4 is 15.6 Å². The highest BCUT2D eigenvalue weighted by Crippen LogP contribution is 2.20. The summed E-state index contributed by atoms with van der Waals surface area (Å²) in [4.78, 5) is 24.9. The Morgan fingerprint density at radius 1 is 1.03 bits per heavy atom. The highest BCUT2D eigenvalue weighted by molar-refractivity contribution is 5.97. The third kappa shape index (κ3) is 4.50. The van der Waals surface area contributed by atoms with E-state index >= 15 is 0 Å². The number of carbonyl (C=O) groups is 2. The van der Waals surface area contributed by atoms with Crippen LogP contribution in [-0.2, 0) is 4.79 Å². The van der Waals surface area contributed by atoms with Crippen molar-refractivity contribution in [1.29, 1.82) is 5.26 Å². The van der Waals surface area contributed by atoms with Crippen molar-refractivity contribution in [1.82, 2.24) is 15.4 Å². The van der Waals surface area contributed by atoms with Crippen LogP contribution in [0.2, 0.25) is 0 Å². The number of hydrogen-bond donors (Lipinski definition) is 2. The molecule has 0 saturated heterocycles. The summed E-state index contributed by atoms with van der Waals surface area (Å²) in [5.41, 5.74) is 8.44. The fourth-order valence-electron chi connectivity index (χ4n) is 3.12. The van der Waals surface area contributed by atoms with Crippen molar-refractivity contribution >= 4 is 11.8 Å². The summed E-state index contributed by atoms with van der Waals surface area (Å²) in [6.07, 6.45) is -0.838. The molecule has 152 valence electrons. The fraction of sp³-hybridized carbons (Fsp3) is 0.174. The third-order valence-corrected chi connectivity index (χ3v) is 4.65. The van der Waals surface area contributed by atoms with Gasteiger partial charge in [-0.2, -0.15) is 5.26 Å². The first-order chi connectivity index (χ1) is 14.4. The van der Waals surface area contributed by atoms with Crippen molar-refractivity contribution in [2.45, 2.75) is 26.9 Å². The number of aryl methyl sites for hydroxylation is 1. The molecule has 30 heavy (non-hydrogen) atoms. The average Bonchev–Trinajstić information content (AvgIpc) is 3.06. The molecule has 3 rings (SSSR count). The lowest BCUT2D eigenvalue weighted by Crippen LogP contribution is -2.47. The van der Waals surface area contributed by atoms with Crippen LogP contribution in [0.1, 0.15) is 34.2 Å². The number of nitrogens with zero attached hydrogens (tertiary/aromatic N) is 2. The van der Waals surface area contributed by atoms with Crippen molar-refractivity contribution in [2.75, 3.05) is 0 Å². The van der Waals surface area contributed by atoms with Crippen LogP contribution in [0.15, 0.2) is 60.7 Å². The van der Waals surface area contributed by atoms with Gasteiger partial charge in [-0.05, 0) is 63.2 Å². The van der Waals surface area contributed by atoms with Gasteiger partial charge in [0.05, 0.1) is 17.2 Å². The van der Waals surface area contributed by atoms with Gasteiger partial charge in [0.1, 0.15) is 5.75 Å². The number of carbonyl (C=O) groups excluding carboxylic acids is 2. The average molecular weight is 402 g/mol. The number of hydrazine groups is 1. The molecule has 0 radical (unpaired) electrons. The number of nitrogens with one attached hydrogen (secondary N) is 2. The summed E-state index contributed by atoms with van der Waals surface area (Å²) in [6, 6.07) is 19.9. The second-order valence-electron chi connectivity index (χ2n) is 6.80. The molecule has 0 aliphatic heterocycles. The zero-order valence-electron chi connectivity index (χ0n) is 17.0. The normalized spacial score (nSPS) is 11.3. The maximum atomic E-state index is 12.6. The maximum absolute atomic E-state index is 12.6. The molecular formula is C23H22N4O3. The van der Waals surface area contributed by atoms with Gasteiger partial charge in [-0.3, -0.25) is 20.4 Å². The second kappa shape index (κ2) is 8.97. The summed E-state index contributed by atoms with van der Waals surface area (Å²) >= 11 is 0. The quantitative estimate of drug-likeness (QED) is 0.641. The van der Waals surface area contributed by atoms with Crippen molar-refractivity contribution in [3.8, 4) is 17.5 Å².